The fourth-order valence-corrected chi connectivity index (χ4v) is 2.78. The number of carbonyl (C=O) groups is 2. The van der Waals surface area contributed by atoms with E-state index in [4.69, 9.17) is 10.4 Å². The van der Waals surface area contributed by atoms with E-state index in [2.05, 4.69) is 0 Å². The van der Waals surface area contributed by atoms with Crippen LogP contribution in [0.4, 0.5) is 5.69 Å². The van der Waals surface area contributed by atoms with Gasteiger partial charge in [0.1, 0.15) is 12.1 Å². The molecule has 6 heteroatoms. The summed E-state index contributed by atoms with van der Waals surface area (Å²) >= 11 is 1.30. The number of carboxylic acids is 1. The van der Waals surface area contributed by atoms with E-state index >= 15 is 0 Å². The summed E-state index contributed by atoms with van der Waals surface area (Å²) in [6.07, 6.45) is 0. The molecule has 1 atom stereocenters. The summed E-state index contributed by atoms with van der Waals surface area (Å²) in [5.74, 6) is -0.755. The molecule has 18 heavy (non-hydrogen) atoms. The van der Waals surface area contributed by atoms with Gasteiger partial charge in [0.25, 0.3) is 0 Å². The van der Waals surface area contributed by atoms with Gasteiger partial charge in [-0.3, -0.25) is 9.69 Å². The van der Waals surface area contributed by atoms with Crippen molar-refractivity contribution in [1.29, 1.82) is 5.26 Å². The van der Waals surface area contributed by atoms with E-state index in [1.165, 1.54) is 16.7 Å². The van der Waals surface area contributed by atoms with E-state index in [0.29, 0.717) is 17.0 Å². The normalized spacial score (nSPS) is 19.4. The zero-order valence-electron chi connectivity index (χ0n) is 9.37. The number of carboxylic acid groups (broad SMARTS) is 1. The first kappa shape index (κ1) is 12.5. The maximum absolute atomic E-state index is 11.9. The first-order chi connectivity index (χ1) is 8.65. The third-order valence-electron chi connectivity index (χ3n) is 2.65. The number of nitriles is 1. The second-order valence-corrected chi connectivity index (χ2v) is 4.79. The zero-order chi connectivity index (χ0) is 13.1. The van der Waals surface area contributed by atoms with Crippen LogP contribution in [0.3, 0.4) is 0 Å². The highest BCUT2D eigenvalue weighted by atomic mass is 32.2. The van der Waals surface area contributed by atoms with Gasteiger partial charge >= 0.3 is 5.97 Å². The number of benzene rings is 1. The van der Waals surface area contributed by atoms with E-state index in [1.54, 1.807) is 24.3 Å². The number of nitrogens with zero attached hydrogens (tertiary/aromatic N) is 2. The molecule has 92 valence electrons. The fourth-order valence-electron chi connectivity index (χ4n) is 1.84. The van der Waals surface area contributed by atoms with Gasteiger partial charge in [-0.1, -0.05) is 12.1 Å². The van der Waals surface area contributed by atoms with Crippen LogP contribution in [0.2, 0.25) is 0 Å². The van der Waals surface area contributed by atoms with Crippen LogP contribution in [0, 0.1) is 11.3 Å². The number of thioether (sulfide) groups is 1. The largest absolute Gasteiger partial charge is 0.480 e. The van der Waals surface area contributed by atoms with Crippen LogP contribution in [0.25, 0.3) is 0 Å². The van der Waals surface area contributed by atoms with Crippen LogP contribution in [0.5, 0.6) is 0 Å². The summed E-state index contributed by atoms with van der Waals surface area (Å²) in [5, 5.41) is 18.2. The Bertz CT molecular complexity index is 538. The summed E-state index contributed by atoms with van der Waals surface area (Å²) in [5.41, 5.74) is 0.682. The maximum Gasteiger partial charge on any atom is 0.327 e. The standard InChI is InChI=1S/C12H10N2O3S/c13-5-8-3-1-2-4-9(8)14-10(12(16)17)6-18-7-11(14)15/h1-4,10H,6-7H2,(H,16,17). The number of rotatable bonds is 2. The lowest BCUT2D eigenvalue weighted by Gasteiger charge is -2.32. The average Bonchev–Trinajstić information content (AvgIpc) is 2.38. The Morgan fingerprint density at radius 3 is 2.89 bits per heavy atom. The molecule has 0 aromatic heterocycles. The number of para-hydroxylation sites is 1. The molecule has 0 bridgehead atoms. The molecule has 1 aromatic rings. The smallest absolute Gasteiger partial charge is 0.327 e. The molecule has 1 saturated heterocycles. The number of hydrogen-bond acceptors (Lipinski definition) is 4. The van der Waals surface area contributed by atoms with Gasteiger partial charge in [-0.05, 0) is 12.1 Å². The Balaban J connectivity index is 2.48. The van der Waals surface area contributed by atoms with Crippen molar-refractivity contribution in [2.24, 2.45) is 0 Å². The van der Waals surface area contributed by atoms with Crippen molar-refractivity contribution in [1.82, 2.24) is 0 Å². The summed E-state index contributed by atoms with van der Waals surface area (Å²) in [6, 6.07) is 7.61. The van der Waals surface area contributed by atoms with Gasteiger partial charge in [0, 0.05) is 5.75 Å². The Kier molecular flexibility index (Phi) is 3.53. The van der Waals surface area contributed by atoms with E-state index in [0.717, 1.165) is 0 Å². The predicted molar refractivity (Wildman–Crippen MR) is 67.4 cm³/mol. The first-order valence-corrected chi connectivity index (χ1v) is 6.42. The molecular formula is C12H10N2O3S. The minimum absolute atomic E-state index is 0.240. The number of amides is 1. The van der Waals surface area contributed by atoms with E-state index in [-0.39, 0.29) is 11.7 Å². The van der Waals surface area contributed by atoms with Crippen molar-refractivity contribution in [3.8, 4) is 6.07 Å². The molecule has 0 radical (unpaired) electrons. The van der Waals surface area contributed by atoms with Crippen LogP contribution in [-0.4, -0.2) is 34.5 Å². The number of carbonyl (C=O) groups excluding carboxylic acids is 1. The number of hydrogen-bond donors (Lipinski definition) is 1. The van der Waals surface area contributed by atoms with Crippen LogP contribution in [-0.2, 0) is 9.59 Å². The Morgan fingerprint density at radius 1 is 1.50 bits per heavy atom. The number of anilines is 1. The van der Waals surface area contributed by atoms with Crippen molar-refractivity contribution in [3.63, 3.8) is 0 Å². The van der Waals surface area contributed by atoms with Gasteiger partial charge in [-0.25, -0.2) is 4.79 Å². The fraction of sp³-hybridized carbons (Fsp3) is 0.250. The van der Waals surface area contributed by atoms with Gasteiger partial charge in [0.15, 0.2) is 0 Å². The Labute approximate surface area is 108 Å². The molecule has 1 aliphatic rings. The van der Waals surface area contributed by atoms with Crippen LogP contribution < -0.4 is 4.90 Å². The quantitative estimate of drug-likeness (QED) is 0.862. The molecule has 2 rings (SSSR count). The predicted octanol–water partition coefficient (Wildman–Crippen LogP) is 1.09. The minimum atomic E-state index is -1.05. The monoisotopic (exact) mass is 262 g/mol. The van der Waals surface area contributed by atoms with E-state index in [9.17, 15) is 9.59 Å². The summed E-state index contributed by atoms with van der Waals surface area (Å²) in [6.45, 7) is 0. The molecule has 1 aliphatic heterocycles. The van der Waals surface area contributed by atoms with Crippen molar-refractivity contribution in [3.05, 3.63) is 29.8 Å². The molecular weight excluding hydrogens is 252 g/mol. The summed E-state index contributed by atoms with van der Waals surface area (Å²) in [4.78, 5) is 24.3. The van der Waals surface area contributed by atoms with Gasteiger partial charge in [0.05, 0.1) is 17.0 Å². The zero-order valence-corrected chi connectivity index (χ0v) is 10.2. The lowest BCUT2D eigenvalue weighted by molar-refractivity contribution is -0.139. The highest BCUT2D eigenvalue weighted by molar-refractivity contribution is 8.00. The van der Waals surface area contributed by atoms with Crippen molar-refractivity contribution >= 4 is 29.3 Å². The molecule has 0 spiro atoms. The number of aliphatic carboxylic acids is 1. The first-order valence-electron chi connectivity index (χ1n) is 5.27. The molecule has 1 fully saturated rings. The summed E-state index contributed by atoms with van der Waals surface area (Å²) in [7, 11) is 0. The van der Waals surface area contributed by atoms with Crippen LogP contribution in [0.1, 0.15) is 5.56 Å². The second-order valence-electron chi connectivity index (χ2n) is 3.76. The third kappa shape index (κ3) is 2.17. The van der Waals surface area contributed by atoms with Crippen LogP contribution >= 0.6 is 11.8 Å². The van der Waals surface area contributed by atoms with Crippen molar-refractivity contribution in [2.75, 3.05) is 16.4 Å². The lowest BCUT2D eigenvalue weighted by atomic mass is 10.1. The molecule has 1 unspecified atom stereocenters. The molecule has 0 aliphatic carbocycles. The second kappa shape index (κ2) is 5.10. The van der Waals surface area contributed by atoms with Gasteiger partial charge < -0.3 is 5.11 Å². The van der Waals surface area contributed by atoms with Crippen molar-refractivity contribution in [2.45, 2.75) is 6.04 Å². The third-order valence-corrected chi connectivity index (χ3v) is 3.65. The molecule has 5 nitrogen and oxygen atoms in total. The van der Waals surface area contributed by atoms with Gasteiger partial charge in [-0.2, -0.15) is 5.26 Å². The molecule has 1 aromatic carbocycles. The summed E-state index contributed by atoms with van der Waals surface area (Å²) < 4.78 is 0. The lowest BCUT2D eigenvalue weighted by Crippen LogP contribution is -2.51. The Hall–Kier alpha value is -2.00. The Morgan fingerprint density at radius 2 is 2.22 bits per heavy atom. The van der Waals surface area contributed by atoms with Gasteiger partial charge in [-0.15, -0.1) is 11.8 Å². The SMILES string of the molecule is N#Cc1ccccc1N1C(=O)CSCC1C(=O)O. The van der Waals surface area contributed by atoms with E-state index in [1.807, 2.05) is 6.07 Å². The molecule has 1 amide bonds. The average molecular weight is 262 g/mol. The molecule has 1 N–H and O–H groups in total. The topological polar surface area (TPSA) is 81.4 Å². The molecule has 0 saturated carbocycles. The highest BCUT2D eigenvalue weighted by Gasteiger charge is 2.35. The minimum Gasteiger partial charge on any atom is -0.480 e. The van der Waals surface area contributed by atoms with Crippen molar-refractivity contribution < 1.29 is 14.7 Å². The molecule has 1 heterocycles. The highest BCUT2D eigenvalue weighted by Crippen LogP contribution is 2.27. The van der Waals surface area contributed by atoms with Crippen LogP contribution in [0.15, 0.2) is 24.3 Å². The van der Waals surface area contributed by atoms with Gasteiger partial charge in [0.2, 0.25) is 5.91 Å². The maximum atomic E-state index is 11.9. The van der Waals surface area contributed by atoms with E-state index < -0.39 is 12.0 Å².